The lowest BCUT2D eigenvalue weighted by Crippen LogP contribution is -2.58. The zero-order chi connectivity index (χ0) is 12.8. The maximum Gasteiger partial charge on any atom is 0.168 e. The lowest BCUT2D eigenvalue weighted by Gasteiger charge is -2.57. The largest absolute Gasteiger partial charge is 0.365 e. The van der Waals surface area contributed by atoms with Crippen LogP contribution in [0.5, 0.6) is 0 Å². The fourth-order valence-electron chi connectivity index (χ4n) is 4.25. The third-order valence-corrected chi connectivity index (χ3v) is 5.90. The van der Waals surface area contributed by atoms with Crippen molar-refractivity contribution in [3.8, 4) is 0 Å². The SMILES string of the molecule is CC(C)[C@H]1CC[C@]2(C)[C@H](C1)[C@@H](C)CCC2(O)O. The van der Waals surface area contributed by atoms with E-state index in [2.05, 4.69) is 27.7 Å². The minimum absolute atomic E-state index is 0.282. The smallest absolute Gasteiger partial charge is 0.168 e. The Labute approximate surface area is 105 Å². The van der Waals surface area contributed by atoms with E-state index in [1.807, 2.05) is 0 Å². The maximum atomic E-state index is 10.3. The van der Waals surface area contributed by atoms with Crippen molar-refractivity contribution < 1.29 is 10.2 Å². The highest BCUT2D eigenvalue weighted by atomic mass is 16.5. The molecule has 2 nitrogen and oxygen atoms in total. The molecule has 0 saturated heterocycles. The minimum atomic E-state index is -1.44. The van der Waals surface area contributed by atoms with Gasteiger partial charge in [-0.3, -0.25) is 0 Å². The Kier molecular flexibility index (Phi) is 3.33. The molecule has 100 valence electrons. The van der Waals surface area contributed by atoms with E-state index in [-0.39, 0.29) is 5.41 Å². The van der Waals surface area contributed by atoms with E-state index in [0.717, 1.165) is 31.1 Å². The second-order valence-corrected chi connectivity index (χ2v) is 7.14. The predicted molar refractivity (Wildman–Crippen MR) is 69.3 cm³/mol. The highest BCUT2D eigenvalue weighted by Crippen LogP contribution is 2.58. The molecule has 2 aliphatic rings. The lowest BCUT2D eigenvalue weighted by atomic mass is 9.51. The van der Waals surface area contributed by atoms with Gasteiger partial charge in [0.1, 0.15) is 0 Å². The Bertz CT molecular complexity index is 285. The fourth-order valence-corrected chi connectivity index (χ4v) is 4.25. The highest BCUT2D eigenvalue weighted by molar-refractivity contribution is 5.02. The van der Waals surface area contributed by atoms with Gasteiger partial charge in [0, 0.05) is 11.8 Å². The summed E-state index contributed by atoms with van der Waals surface area (Å²) in [7, 11) is 0. The molecule has 0 bridgehead atoms. The molecule has 2 heteroatoms. The molecular weight excluding hydrogens is 212 g/mol. The maximum absolute atomic E-state index is 10.3. The first kappa shape index (κ1) is 13.4. The molecule has 0 aliphatic heterocycles. The van der Waals surface area contributed by atoms with Crippen molar-refractivity contribution in [2.24, 2.45) is 29.1 Å². The van der Waals surface area contributed by atoms with E-state index in [4.69, 9.17) is 0 Å². The van der Waals surface area contributed by atoms with Gasteiger partial charge in [0.2, 0.25) is 0 Å². The van der Waals surface area contributed by atoms with Crippen LogP contribution in [0.4, 0.5) is 0 Å². The van der Waals surface area contributed by atoms with E-state index in [1.165, 1.54) is 6.42 Å². The van der Waals surface area contributed by atoms with Gasteiger partial charge in [0.25, 0.3) is 0 Å². The van der Waals surface area contributed by atoms with Crippen LogP contribution in [0.1, 0.15) is 59.8 Å². The molecule has 2 saturated carbocycles. The van der Waals surface area contributed by atoms with Gasteiger partial charge in [0.15, 0.2) is 5.79 Å². The zero-order valence-electron chi connectivity index (χ0n) is 11.7. The Morgan fingerprint density at radius 2 is 1.76 bits per heavy atom. The summed E-state index contributed by atoms with van der Waals surface area (Å²) in [5.41, 5.74) is -0.282. The van der Waals surface area contributed by atoms with Crippen molar-refractivity contribution in [1.29, 1.82) is 0 Å². The topological polar surface area (TPSA) is 40.5 Å². The summed E-state index contributed by atoms with van der Waals surface area (Å²) in [5, 5.41) is 20.7. The average Bonchev–Trinajstić information content (AvgIpc) is 2.24. The molecule has 0 amide bonds. The summed E-state index contributed by atoms with van der Waals surface area (Å²) >= 11 is 0. The van der Waals surface area contributed by atoms with Crippen LogP contribution < -0.4 is 0 Å². The van der Waals surface area contributed by atoms with Crippen molar-refractivity contribution in [2.45, 2.75) is 65.6 Å². The monoisotopic (exact) mass is 240 g/mol. The molecule has 0 unspecified atom stereocenters. The molecule has 17 heavy (non-hydrogen) atoms. The van der Waals surface area contributed by atoms with Crippen molar-refractivity contribution in [1.82, 2.24) is 0 Å². The van der Waals surface area contributed by atoms with Crippen LogP contribution >= 0.6 is 0 Å². The van der Waals surface area contributed by atoms with E-state index < -0.39 is 5.79 Å². The van der Waals surface area contributed by atoms with Gasteiger partial charge in [-0.2, -0.15) is 0 Å². The van der Waals surface area contributed by atoms with Crippen molar-refractivity contribution in [2.75, 3.05) is 0 Å². The summed E-state index contributed by atoms with van der Waals surface area (Å²) in [6.45, 7) is 8.99. The quantitative estimate of drug-likeness (QED) is 0.691. The Morgan fingerprint density at radius 3 is 2.35 bits per heavy atom. The Balaban J connectivity index is 2.23. The Morgan fingerprint density at radius 1 is 1.12 bits per heavy atom. The van der Waals surface area contributed by atoms with Crippen LogP contribution in [0, 0.1) is 29.1 Å². The molecule has 4 atom stereocenters. The molecule has 2 N–H and O–H groups in total. The fraction of sp³-hybridized carbons (Fsp3) is 1.00. The first-order chi connectivity index (χ1) is 7.78. The average molecular weight is 240 g/mol. The van der Waals surface area contributed by atoms with Gasteiger partial charge >= 0.3 is 0 Å². The second kappa shape index (κ2) is 4.24. The number of rotatable bonds is 1. The summed E-state index contributed by atoms with van der Waals surface area (Å²) in [4.78, 5) is 0. The van der Waals surface area contributed by atoms with E-state index in [9.17, 15) is 10.2 Å². The second-order valence-electron chi connectivity index (χ2n) is 7.14. The first-order valence-corrected chi connectivity index (χ1v) is 7.22. The molecule has 0 aromatic rings. The summed E-state index contributed by atoms with van der Waals surface area (Å²) in [5.74, 6) is 1.16. The third kappa shape index (κ3) is 2.04. The van der Waals surface area contributed by atoms with Gasteiger partial charge in [-0.05, 0) is 49.4 Å². The Hall–Kier alpha value is -0.0800. The summed E-state index contributed by atoms with van der Waals surface area (Å²) < 4.78 is 0. The molecule has 0 heterocycles. The molecular formula is C15H28O2. The van der Waals surface area contributed by atoms with Gasteiger partial charge in [0.05, 0.1) is 0 Å². The van der Waals surface area contributed by atoms with E-state index >= 15 is 0 Å². The standard InChI is InChI=1S/C15H28O2/c1-10(2)12-6-7-14(4)13(9-12)11(3)5-8-15(14,16)17/h10-13,16-17H,5-9H2,1-4H3/t11-,12-,13+,14+/m0/s1. The van der Waals surface area contributed by atoms with Gasteiger partial charge in [-0.1, -0.05) is 27.7 Å². The van der Waals surface area contributed by atoms with Crippen molar-refractivity contribution >= 4 is 0 Å². The molecule has 0 aromatic carbocycles. The number of hydrogen-bond acceptors (Lipinski definition) is 2. The summed E-state index contributed by atoms with van der Waals surface area (Å²) in [6, 6.07) is 0. The van der Waals surface area contributed by atoms with Gasteiger partial charge < -0.3 is 10.2 Å². The molecule has 0 aromatic heterocycles. The number of hydrogen-bond donors (Lipinski definition) is 2. The van der Waals surface area contributed by atoms with Crippen LogP contribution in [0.25, 0.3) is 0 Å². The first-order valence-electron chi connectivity index (χ1n) is 7.22. The van der Waals surface area contributed by atoms with Crippen LogP contribution in [-0.4, -0.2) is 16.0 Å². The van der Waals surface area contributed by atoms with Crippen LogP contribution in [0.3, 0.4) is 0 Å². The minimum Gasteiger partial charge on any atom is -0.365 e. The molecule has 2 aliphatic carbocycles. The molecule has 0 radical (unpaired) electrons. The van der Waals surface area contributed by atoms with Crippen LogP contribution in [0.15, 0.2) is 0 Å². The van der Waals surface area contributed by atoms with Gasteiger partial charge in [-0.15, -0.1) is 0 Å². The van der Waals surface area contributed by atoms with Crippen molar-refractivity contribution in [3.63, 3.8) is 0 Å². The van der Waals surface area contributed by atoms with E-state index in [1.54, 1.807) is 0 Å². The van der Waals surface area contributed by atoms with Crippen LogP contribution in [-0.2, 0) is 0 Å². The van der Waals surface area contributed by atoms with Crippen molar-refractivity contribution in [3.05, 3.63) is 0 Å². The summed E-state index contributed by atoms with van der Waals surface area (Å²) in [6.07, 6.45) is 4.81. The van der Waals surface area contributed by atoms with E-state index in [0.29, 0.717) is 18.3 Å². The number of fused-ring (bicyclic) bond motifs is 1. The van der Waals surface area contributed by atoms with Crippen LogP contribution in [0.2, 0.25) is 0 Å². The lowest BCUT2D eigenvalue weighted by molar-refractivity contribution is -0.293. The molecule has 2 fully saturated rings. The zero-order valence-corrected chi connectivity index (χ0v) is 11.7. The predicted octanol–water partition coefficient (Wildman–Crippen LogP) is 3.18. The molecule has 0 spiro atoms. The normalized spacial score (nSPS) is 45.7. The highest BCUT2D eigenvalue weighted by Gasteiger charge is 2.57. The molecule has 2 rings (SSSR count). The number of aliphatic hydroxyl groups is 2. The van der Waals surface area contributed by atoms with Gasteiger partial charge in [-0.25, -0.2) is 0 Å². The third-order valence-electron chi connectivity index (χ3n) is 5.90.